The third kappa shape index (κ3) is 3.86. The Morgan fingerprint density at radius 2 is 2.14 bits per heavy atom. The number of nitrogens with zero attached hydrogens (tertiary/aromatic N) is 2. The van der Waals surface area contributed by atoms with Gasteiger partial charge in [0.1, 0.15) is 11.9 Å². The van der Waals surface area contributed by atoms with E-state index in [9.17, 15) is 14.7 Å². The van der Waals surface area contributed by atoms with Crippen molar-refractivity contribution < 1.29 is 19.4 Å². The topological polar surface area (TPSA) is 89.4 Å². The third-order valence-electron chi connectivity index (χ3n) is 10.1. The average molecular weight is 529 g/mol. The SMILES string of the molecule is C=C[C@]1(C)C[C@@H](OC(=O)CSc2nc3ccncc3s2)[C@]2(C)[C@H](C)CC[C@]3(CCC(=O)[C@H]32)[C@@H](C)[C@@H]1O. The van der Waals surface area contributed by atoms with Crippen LogP contribution in [0.2, 0.25) is 0 Å². The van der Waals surface area contributed by atoms with Crippen molar-refractivity contribution >= 4 is 45.1 Å². The largest absolute Gasteiger partial charge is 0.461 e. The Hall–Kier alpha value is -1.77. The smallest absolute Gasteiger partial charge is 0.316 e. The highest BCUT2D eigenvalue weighted by molar-refractivity contribution is 8.01. The number of aliphatic hydroxyl groups is 1. The minimum atomic E-state index is -0.659. The van der Waals surface area contributed by atoms with Crippen LogP contribution in [0.15, 0.2) is 35.5 Å². The summed E-state index contributed by atoms with van der Waals surface area (Å²) in [6.45, 7) is 12.6. The highest BCUT2D eigenvalue weighted by Crippen LogP contribution is 2.68. The molecule has 0 saturated heterocycles. The van der Waals surface area contributed by atoms with Gasteiger partial charge >= 0.3 is 5.97 Å². The van der Waals surface area contributed by atoms with Crippen molar-refractivity contribution in [1.82, 2.24) is 9.97 Å². The lowest BCUT2D eigenvalue weighted by Crippen LogP contribution is -2.63. The van der Waals surface area contributed by atoms with Crippen LogP contribution in [-0.4, -0.2) is 44.8 Å². The lowest BCUT2D eigenvalue weighted by atomic mass is 9.44. The number of ether oxygens (including phenoxy) is 1. The predicted octanol–water partition coefficient (Wildman–Crippen LogP) is 5.69. The van der Waals surface area contributed by atoms with Gasteiger partial charge in [-0.3, -0.25) is 14.6 Å². The Morgan fingerprint density at radius 3 is 2.86 bits per heavy atom. The summed E-state index contributed by atoms with van der Waals surface area (Å²) in [4.78, 5) is 35.5. The molecule has 3 aliphatic carbocycles. The zero-order chi connectivity index (χ0) is 25.9. The van der Waals surface area contributed by atoms with Crippen molar-refractivity contribution in [2.45, 2.75) is 76.3 Å². The molecule has 8 atom stereocenters. The Labute approximate surface area is 221 Å². The second-order valence-corrected chi connectivity index (χ2v) is 13.9. The molecule has 36 heavy (non-hydrogen) atoms. The summed E-state index contributed by atoms with van der Waals surface area (Å²) in [5.74, 6) is 0.0634. The molecular formula is C28H36N2O4S2. The van der Waals surface area contributed by atoms with Crippen LogP contribution in [0, 0.1) is 34.0 Å². The Balaban J connectivity index is 1.45. The van der Waals surface area contributed by atoms with Gasteiger partial charge in [-0.05, 0) is 49.0 Å². The minimum Gasteiger partial charge on any atom is -0.461 e. The van der Waals surface area contributed by atoms with Gasteiger partial charge in [-0.1, -0.05) is 45.5 Å². The van der Waals surface area contributed by atoms with Crippen molar-refractivity contribution in [3.8, 4) is 0 Å². The summed E-state index contributed by atoms with van der Waals surface area (Å²) >= 11 is 2.88. The molecule has 0 spiro atoms. The van der Waals surface area contributed by atoms with E-state index < -0.39 is 23.0 Å². The first-order valence-corrected chi connectivity index (χ1v) is 14.7. The van der Waals surface area contributed by atoms with Crippen LogP contribution < -0.4 is 0 Å². The van der Waals surface area contributed by atoms with Crippen LogP contribution >= 0.6 is 23.1 Å². The standard InChI is InChI=1S/C28H36N2O4S2/c1-6-26(4)13-21(34-22(32)15-35-25-30-18-9-12-29-14-20(18)36-25)27(5)16(2)7-10-28(17(3)24(26)33)11-8-19(31)23(27)28/h6,9,12,14,16-17,21,23-24,33H,1,7-8,10-11,13,15H2,2-5H3/t16-,17+,21-,23+,24+,26-,27+,28+/m1/s1. The van der Waals surface area contributed by atoms with Crippen molar-refractivity contribution in [2.24, 2.45) is 34.0 Å². The molecule has 194 valence electrons. The van der Waals surface area contributed by atoms with E-state index in [0.29, 0.717) is 12.8 Å². The monoisotopic (exact) mass is 528 g/mol. The van der Waals surface area contributed by atoms with E-state index in [1.807, 2.05) is 19.1 Å². The van der Waals surface area contributed by atoms with E-state index >= 15 is 0 Å². The fraction of sp³-hybridized carbons (Fsp3) is 0.643. The second-order valence-electron chi connectivity index (χ2n) is 11.7. The van der Waals surface area contributed by atoms with Gasteiger partial charge in [0, 0.05) is 35.6 Å². The van der Waals surface area contributed by atoms with E-state index in [1.165, 1.54) is 23.1 Å². The van der Waals surface area contributed by atoms with E-state index in [1.54, 1.807) is 12.4 Å². The molecule has 2 bridgehead atoms. The van der Waals surface area contributed by atoms with E-state index in [2.05, 4.69) is 37.3 Å². The molecule has 0 aromatic carbocycles. The summed E-state index contributed by atoms with van der Waals surface area (Å²) in [6, 6.07) is 1.86. The first-order valence-electron chi connectivity index (χ1n) is 12.9. The number of fused-ring (bicyclic) bond motifs is 1. The Bertz CT molecular complexity index is 1170. The summed E-state index contributed by atoms with van der Waals surface area (Å²) in [6.07, 6.45) is 7.85. The molecule has 0 amide bonds. The number of carbonyl (C=O) groups is 2. The van der Waals surface area contributed by atoms with Gasteiger partial charge in [-0.2, -0.15) is 0 Å². The van der Waals surface area contributed by atoms with Crippen molar-refractivity contribution in [3.05, 3.63) is 31.1 Å². The molecule has 3 fully saturated rings. The molecule has 2 heterocycles. The molecular weight excluding hydrogens is 492 g/mol. The van der Waals surface area contributed by atoms with E-state index in [-0.39, 0.29) is 40.7 Å². The normalized spacial score (nSPS) is 40.4. The number of Topliss-reactive ketones (excluding diaryl/α,β-unsaturated/α-hetero) is 1. The van der Waals surface area contributed by atoms with Crippen LogP contribution in [0.25, 0.3) is 10.2 Å². The first kappa shape index (κ1) is 25.9. The lowest BCUT2D eigenvalue weighted by molar-refractivity contribution is -0.205. The first-order chi connectivity index (χ1) is 17.0. The number of thioether (sulfide) groups is 1. The molecule has 0 radical (unpaired) electrons. The number of carbonyl (C=O) groups excluding carboxylic acids is 2. The van der Waals surface area contributed by atoms with Gasteiger partial charge in [0.25, 0.3) is 0 Å². The van der Waals surface area contributed by atoms with Crippen molar-refractivity contribution in [2.75, 3.05) is 5.75 Å². The van der Waals surface area contributed by atoms with Gasteiger partial charge in [0.15, 0.2) is 4.34 Å². The quantitative estimate of drug-likeness (QED) is 0.303. The third-order valence-corrected chi connectivity index (χ3v) is 12.2. The van der Waals surface area contributed by atoms with Gasteiger partial charge in [0.05, 0.1) is 22.1 Å². The highest BCUT2D eigenvalue weighted by atomic mass is 32.2. The molecule has 0 aliphatic heterocycles. The van der Waals surface area contributed by atoms with E-state index in [4.69, 9.17) is 4.74 Å². The molecule has 8 heteroatoms. The van der Waals surface area contributed by atoms with Crippen LogP contribution in [0.5, 0.6) is 0 Å². The molecule has 0 unspecified atom stereocenters. The van der Waals surface area contributed by atoms with Gasteiger partial charge < -0.3 is 9.84 Å². The van der Waals surface area contributed by atoms with Crippen molar-refractivity contribution in [3.63, 3.8) is 0 Å². The number of ketones is 1. The maximum absolute atomic E-state index is 13.5. The molecule has 5 rings (SSSR count). The lowest BCUT2D eigenvalue weighted by Gasteiger charge is -2.61. The number of aliphatic hydroxyl groups excluding tert-OH is 1. The molecule has 3 saturated carbocycles. The number of hydrogen-bond acceptors (Lipinski definition) is 8. The van der Waals surface area contributed by atoms with Gasteiger partial charge in [-0.15, -0.1) is 17.9 Å². The molecule has 2 aromatic rings. The minimum absolute atomic E-state index is 0.0375. The summed E-state index contributed by atoms with van der Waals surface area (Å²) in [5.41, 5.74) is -0.515. The van der Waals surface area contributed by atoms with Crippen LogP contribution in [-0.2, 0) is 14.3 Å². The molecule has 6 nitrogen and oxygen atoms in total. The van der Waals surface area contributed by atoms with Crippen LogP contribution in [0.3, 0.4) is 0 Å². The fourth-order valence-corrected chi connectivity index (χ4v) is 9.45. The summed E-state index contributed by atoms with van der Waals surface area (Å²) in [5, 5.41) is 11.6. The maximum Gasteiger partial charge on any atom is 0.316 e. The average Bonchev–Trinajstić information content (AvgIpc) is 3.44. The second kappa shape index (κ2) is 9.21. The predicted molar refractivity (Wildman–Crippen MR) is 143 cm³/mol. The number of rotatable bonds is 5. The van der Waals surface area contributed by atoms with E-state index in [0.717, 1.165) is 33.8 Å². The summed E-state index contributed by atoms with van der Waals surface area (Å²) in [7, 11) is 0. The van der Waals surface area contributed by atoms with Gasteiger partial charge in [0.2, 0.25) is 0 Å². The molecule has 3 aliphatic rings. The fourth-order valence-electron chi connectivity index (χ4n) is 7.64. The number of pyridine rings is 1. The molecule has 2 aromatic heterocycles. The maximum atomic E-state index is 13.5. The van der Waals surface area contributed by atoms with Crippen molar-refractivity contribution in [1.29, 1.82) is 0 Å². The Kier molecular flexibility index (Phi) is 6.61. The van der Waals surface area contributed by atoms with Gasteiger partial charge in [-0.25, -0.2) is 4.98 Å². The zero-order valence-corrected chi connectivity index (χ0v) is 23.2. The summed E-state index contributed by atoms with van der Waals surface area (Å²) < 4.78 is 8.09. The van der Waals surface area contributed by atoms with Crippen LogP contribution in [0.1, 0.15) is 59.8 Å². The van der Waals surface area contributed by atoms with Crippen LogP contribution in [0.4, 0.5) is 0 Å². The number of thiazole rings is 1. The molecule has 1 N–H and O–H groups in total. The Morgan fingerprint density at radius 1 is 1.36 bits per heavy atom. The number of hydrogen-bond donors (Lipinski definition) is 1. The number of esters is 1. The number of aromatic nitrogens is 2. The zero-order valence-electron chi connectivity index (χ0n) is 21.5. The highest BCUT2D eigenvalue weighted by Gasteiger charge is 2.68.